The molecule has 2 rings (SSSR count). The monoisotopic (exact) mass is 275 g/mol. The van der Waals surface area contributed by atoms with Crippen LogP contribution in [0.2, 0.25) is 0 Å². The van der Waals surface area contributed by atoms with Crippen LogP contribution in [-0.4, -0.2) is 17.0 Å². The number of carboxylic acids is 1. The Balaban J connectivity index is 2.23. The van der Waals surface area contributed by atoms with Crippen LogP contribution in [0.5, 0.6) is 0 Å². The lowest BCUT2D eigenvalue weighted by molar-refractivity contribution is -0.120. The molecule has 1 aromatic carbocycles. The van der Waals surface area contributed by atoms with Crippen LogP contribution in [-0.2, 0) is 4.79 Å². The number of aromatic carboxylic acids is 1. The van der Waals surface area contributed by atoms with E-state index in [-0.39, 0.29) is 17.4 Å². The first-order valence-electron chi connectivity index (χ1n) is 7.14. The van der Waals surface area contributed by atoms with Crippen LogP contribution >= 0.6 is 0 Å². The summed E-state index contributed by atoms with van der Waals surface area (Å²) in [7, 11) is 0. The summed E-state index contributed by atoms with van der Waals surface area (Å²) >= 11 is 0. The summed E-state index contributed by atoms with van der Waals surface area (Å²) in [5.41, 5.74) is 2.30. The normalized spacial score (nSPS) is 15.9. The van der Waals surface area contributed by atoms with Gasteiger partial charge in [0.2, 0.25) is 5.91 Å². The van der Waals surface area contributed by atoms with Crippen LogP contribution in [0.3, 0.4) is 0 Å². The van der Waals surface area contributed by atoms with E-state index in [1.54, 1.807) is 6.07 Å². The predicted octanol–water partition coefficient (Wildman–Crippen LogP) is 3.52. The van der Waals surface area contributed by atoms with Crippen molar-refractivity contribution in [2.45, 2.75) is 46.0 Å². The second-order valence-corrected chi connectivity index (χ2v) is 5.63. The zero-order valence-corrected chi connectivity index (χ0v) is 12.0. The Morgan fingerprint density at radius 1 is 1.15 bits per heavy atom. The standard InChI is InChI=1S/C16H21NO3/c1-10-8-11(2)14(13(9-10)16(19)20)17-15(18)12-6-4-3-5-7-12/h8-9,12H,3-7H2,1-2H3,(H,17,18)(H,19,20). The molecule has 4 heteroatoms. The third kappa shape index (κ3) is 3.18. The maximum absolute atomic E-state index is 12.3. The zero-order chi connectivity index (χ0) is 14.7. The Hall–Kier alpha value is -1.84. The number of benzene rings is 1. The van der Waals surface area contributed by atoms with E-state index in [2.05, 4.69) is 5.32 Å². The van der Waals surface area contributed by atoms with Crippen LogP contribution in [0.25, 0.3) is 0 Å². The number of aryl methyl sites for hydroxylation is 2. The number of anilines is 1. The highest BCUT2D eigenvalue weighted by Gasteiger charge is 2.23. The third-order valence-corrected chi connectivity index (χ3v) is 3.93. The van der Waals surface area contributed by atoms with Gasteiger partial charge in [0.25, 0.3) is 0 Å². The van der Waals surface area contributed by atoms with Gasteiger partial charge in [0.05, 0.1) is 11.3 Å². The van der Waals surface area contributed by atoms with Crippen molar-refractivity contribution in [2.24, 2.45) is 5.92 Å². The number of hydrogen-bond donors (Lipinski definition) is 2. The van der Waals surface area contributed by atoms with Crippen LogP contribution in [0.4, 0.5) is 5.69 Å². The molecule has 1 aliphatic carbocycles. The van der Waals surface area contributed by atoms with Crippen LogP contribution in [0, 0.1) is 19.8 Å². The number of rotatable bonds is 3. The number of amides is 1. The van der Waals surface area contributed by atoms with Gasteiger partial charge < -0.3 is 10.4 Å². The van der Waals surface area contributed by atoms with Gasteiger partial charge in [-0.05, 0) is 43.9 Å². The van der Waals surface area contributed by atoms with Gasteiger partial charge >= 0.3 is 5.97 Å². The van der Waals surface area contributed by atoms with Crippen molar-refractivity contribution >= 4 is 17.6 Å². The smallest absolute Gasteiger partial charge is 0.337 e. The van der Waals surface area contributed by atoms with E-state index >= 15 is 0 Å². The second kappa shape index (κ2) is 6.07. The summed E-state index contributed by atoms with van der Waals surface area (Å²) in [4.78, 5) is 23.6. The van der Waals surface area contributed by atoms with E-state index in [4.69, 9.17) is 0 Å². The molecular weight excluding hydrogens is 254 g/mol. The highest BCUT2D eigenvalue weighted by molar-refractivity contribution is 6.02. The lowest BCUT2D eigenvalue weighted by Gasteiger charge is -2.22. The molecule has 0 aromatic heterocycles. The first kappa shape index (κ1) is 14.6. The van der Waals surface area contributed by atoms with Gasteiger partial charge in [-0.2, -0.15) is 0 Å². The van der Waals surface area contributed by atoms with Crippen molar-refractivity contribution in [3.63, 3.8) is 0 Å². The fourth-order valence-corrected chi connectivity index (χ4v) is 2.89. The molecule has 4 nitrogen and oxygen atoms in total. The summed E-state index contributed by atoms with van der Waals surface area (Å²) in [6.07, 6.45) is 5.15. The molecule has 0 heterocycles. The molecule has 20 heavy (non-hydrogen) atoms. The summed E-state index contributed by atoms with van der Waals surface area (Å²) < 4.78 is 0. The number of hydrogen-bond acceptors (Lipinski definition) is 2. The van der Waals surface area contributed by atoms with Crippen molar-refractivity contribution in [1.82, 2.24) is 0 Å². The second-order valence-electron chi connectivity index (χ2n) is 5.63. The maximum Gasteiger partial charge on any atom is 0.337 e. The van der Waals surface area contributed by atoms with E-state index in [0.717, 1.165) is 36.8 Å². The van der Waals surface area contributed by atoms with Gasteiger partial charge in [0.1, 0.15) is 0 Å². The minimum Gasteiger partial charge on any atom is -0.478 e. The summed E-state index contributed by atoms with van der Waals surface area (Å²) in [6.45, 7) is 3.68. The van der Waals surface area contributed by atoms with Gasteiger partial charge in [-0.1, -0.05) is 25.3 Å². The fourth-order valence-electron chi connectivity index (χ4n) is 2.89. The zero-order valence-electron chi connectivity index (χ0n) is 12.0. The molecule has 0 aliphatic heterocycles. The van der Waals surface area contributed by atoms with Crippen molar-refractivity contribution in [2.75, 3.05) is 5.32 Å². The van der Waals surface area contributed by atoms with E-state index in [9.17, 15) is 14.7 Å². The number of carboxylic acid groups (broad SMARTS) is 1. The fraction of sp³-hybridized carbons (Fsp3) is 0.500. The Bertz CT molecular complexity index is 531. The van der Waals surface area contributed by atoms with Gasteiger partial charge in [0.15, 0.2) is 0 Å². The molecule has 0 bridgehead atoms. The number of carbonyl (C=O) groups excluding carboxylic acids is 1. The van der Waals surface area contributed by atoms with E-state index in [0.29, 0.717) is 5.69 Å². The summed E-state index contributed by atoms with van der Waals surface area (Å²) in [5, 5.41) is 12.1. The van der Waals surface area contributed by atoms with Gasteiger partial charge in [-0.15, -0.1) is 0 Å². The average Bonchev–Trinajstić information content (AvgIpc) is 2.42. The molecule has 0 spiro atoms. The predicted molar refractivity (Wildman–Crippen MR) is 78.1 cm³/mol. The molecule has 1 amide bonds. The molecule has 108 valence electrons. The van der Waals surface area contributed by atoms with Crippen molar-refractivity contribution in [3.05, 3.63) is 28.8 Å². The van der Waals surface area contributed by atoms with E-state index in [1.165, 1.54) is 6.42 Å². The van der Waals surface area contributed by atoms with Crippen molar-refractivity contribution in [1.29, 1.82) is 0 Å². The Morgan fingerprint density at radius 2 is 1.80 bits per heavy atom. The first-order chi connectivity index (χ1) is 9.49. The molecule has 0 radical (unpaired) electrons. The van der Waals surface area contributed by atoms with Crippen LogP contribution in [0.1, 0.15) is 53.6 Å². The summed E-state index contributed by atoms with van der Waals surface area (Å²) in [5.74, 6) is -1.03. The minimum absolute atomic E-state index is 0.0195. The first-order valence-corrected chi connectivity index (χ1v) is 7.14. The minimum atomic E-state index is -1.00. The maximum atomic E-state index is 12.3. The molecule has 1 fully saturated rings. The van der Waals surface area contributed by atoms with Crippen LogP contribution < -0.4 is 5.32 Å². The largest absolute Gasteiger partial charge is 0.478 e. The van der Waals surface area contributed by atoms with Gasteiger partial charge in [-0.3, -0.25) is 4.79 Å². The average molecular weight is 275 g/mol. The highest BCUT2D eigenvalue weighted by atomic mass is 16.4. The summed E-state index contributed by atoms with van der Waals surface area (Å²) in [6, 6.07) is 3.49. The molecule has 1 saturated carbocycles. The third-order valence-electron chi connectivity index (χ3n) is 3.93. The lowest BCUT2D eigenvalue weighted by atomic mass is 9.88. The molecule has 0 saturated heterocycles. The van der Waals surface area contributed by atoms with Gasteiger partial charge in [0, 0.05) is 5.92 Å². The van der Waals surface area contributed by atoms with Crippen molar-refractivity contribution in [3.8, 4) is 0 Å². The molecule has 0 atom stereocenters. The quantitative estimate of drug-likeness (QED) is 0.887. The molecule has 1 aromatic rings. The SMILES string of the molecule is Cc1cc(C)c(NC(=O)C2CCCCC2)c(C(=O)O)c1. The number of nitrogens with one attached hydrogen (secondary N) is 1. The highest BCUT2D eigenvalue weighted by Crippen LogP contribution is 2.28. The molecule has 0 unspecified atom stereocenters. The van der Waals surface area contributed by atoms with E-state index < -0.39 is 5.97 Å². The molecular formula is C16H21NO3. The topological polar surface area (TPSA) is 66.4 Å². The number of carbonyl (C=O) groups is 2. The van der Waals surface area contributed by atoms with Crippen molar-refractivity contribution < 1.29 is 14.7 Å². The van der Waals surface area contributed by atoms with E-state index in [1.807, 2.05) is 19.9 Å². The Labute approximate surface area is 119 Å². The Morgan fingerprint density at radius 3 is 2.40 bits per heavy atom. The molecule has 2 N–H and O–H groups in total. The Kier molecular flexibility index (Phi) is 4.42. The van der Waals surface area contributed by atoms with Crippen LogP contribution in [0.15, 0.2) is 12.1 Å². The lowest BCUT2D eigenvalue weighted by Crippen LogP contribution is -2.26. The molecule has 1 aliphatic rings. The van der Waals surface area contributed by atoms with Gasteiger partial charge in [-0.25, -0.2) is 4.79 Å².